The number of anilines is 1. The molecule has 1 aromatic carbocycles. The Balaban J connectivity index is 1.50. The molecule has 0 atom stereocenters. The number of urea groups is 1. The van der Waals surface area contributed by atoms with E-state index in [4.69, 9.17) is 9.26 Å². The number of ether oxygens (including phenoxy) is 1. The number of amides is 2. The maximum Gasteiger partial charge on any atom is 0.317 e. The number of nitrogens with one attached hydrogen (secondary N) is 1. The second-order valence-electron chi connectivity index (χ2n) is 5.74. The van der Waals surface area contributed by atoms with Crippen LogP contribution in [0.25, 0.3) is 0 Å². The predicted octanol–water partition coefficient (Wildman–Crippen LogP) is 2.02. The van der Waals surface area contributed by atoms with E-state index in [-0.39, 0.29) is 6.03 Å². The van der Waals surface area contributed by atoms with Crippen LogP contribution < -0.4 is 15.0 Å². The van der Waals surface area contributed by atoms with Crippen LogP contribution in [0.15, 0.2) is 34.9 Å². The number of nitrogens with zero attached hydrogens (tertiary/aromatic N) is 3. The molecule has 7 heteroatoms. The Hall–Kier alpha value is -2.70. The van der Waals surface area contributed by atoms with Gasteiger partial charge in [0.25, 0.3) is 0 Å². The van der Waals surface area contributed by atoms with Gasteiger partial charge in [0.1, 0.15) is 11.5 Å². The molecule has 2 amide bonds. The molecule has 2 aromatic rings. The van der Waals surface area contributed by atoms with Crippen LogP contribution in [0.1, 0.15) is 11.3 Å². The smallest absolute Gasteiger partial charge is 0.317 e. The van der Waals surface area contributed by atoms with Gasteiger partial charge in [-0.3, -0.25) is 0 Å². The quantitative estimate of drug-likeness (QED) is 0.929. The Morgan fingerprint density at radius 1 is 1.29 bits per heavy atom. The van der Waals surface area contributed by atoms with Gasteiger partial charge < -0.3 is 24.4 Å². The summed E-state index contributed by atoms with van der Waals surface area (Å²) in [6.07, 6.45) is 0. The monoisotopic (exact) mass is 330 g/mol. The van der Waals surface area contributed by atoms with Crippen LogP contribution in [0, 0.1) is 6.92 Å². The number of aryl methyl sites for hydroxylation is 1. The number of hydrogen-bond acceptors (Lipinski definition) is 5. The molecule has 1 fully saturated rings. The second kappa shape index (κ2) is 7.25. The van der Waals surface area contributed by atoms with Crippen molar-refractivity contribution in [2.24, 2.45) is 0 Å². The van der Waals surface area contributed by atoms with Crippen molar-refractivity contribution < 1.29 is 14.1 Å². The first-order valence-corrected chi connectivity index (χ1v) is 8.00. The highest BCUT2D eigenvalue weighted by molar-refractivity contribution is 5.74. The van der Waals surface area contributed by atoms with Crippen LogP contribution >= 0.6 is 0 Å². The van der Waals surface area contributed by atoms with E-state index in [1.54, 1.807) is 7.11 Å². The lowest BCUT2D eigenvalue weighted by Crippen LogP contribution is -2.51. The molecule has 1 aromatic heterocycles. The summed E-state index contributed by atoms with van der Waals surface area (Å²) in [5.41, 5.74) is 0.963. The number of benzene rings is 1. The lowest BCUT2D eigenvalue weighted by Gasteiger charge is -2.34. The summed E-state index contributed by atoms with van der Waals surface area (Å²) in [5, 5.41) is 6.98. The molecule has 2 heterocycles. The first-order chi connectivity index (χ1) is 11.7. The van der Waals surface area contributed by atoms with E-state index in [0.717, 1.165) is 36.0 Å². The van der Waals surface area contributed by atoms with Crippen LogP contribution in [0.5, 0.6) is 5.75 Å². The summed E-state index contributed by atoms with van der Waals surface area (Å²) >= 11 is 0. The zero-order valence-corrected chi connectivity index (χ0v) is 14.0. The Morgan fingerprint density at radius 2 is 2.04 bits per heavy atom. The van der Waals surface area contributed by atoms with Gasteiger partial charge in [0.05, 0.1) is 7.11 Å². The Morgan fingerprint density at radius 3 is 2.71 bits per heavy atom. The number of carbonyl (C=O) groups excluding carboxylic acids is 1. The Kier molecular flexibility index (Phi) is 4.88. The van der Waals surface area contributed by atoms with Crippen LogP contribution in [-0.2, 0) is 6.54 Å². The Labute approximate surface area is 141 Å². The molecule has 0 spiro atoms. The van der Waals surface area contributed by atoms with E-state index in [9.17, 15) is 4.79 Å². The van der Waals surface area contributed by atoms with Crippen molar-refractivity contribution in [3.05, 3.63) is 41.7 Å². The van der Waals surface area contributed by atoms with E-state index in [1.807, 2.05) is 42.2 Å². The third-order valence-corrected chi connectivity index (χ3v) is 4.13. The van der Waals surface area contributed by atoms with Gasteiger partial charge in [0.15, 0.2) is 5.82 Å². The van der Waals surface area contributed by atoms with E-state index in [0.29, 0.717) is 19.6 Å². The molecule has 0 radical (unpaired) electrons. The highest BCUT2D eigenvalue weighted by atomic mass is 16.5. The lowest BCUT2D eigenvalue weighted by atomic mass is 10.2. The highest BCUT2D eigenvalue weighted by Gasteiger charge is 2.22. The van der Waals surface area contributed by atoms with Gasteiger partial charge in [0.2, 0.25) is 0 Å². The summed E-state index contributed by atoms with van der Waals surface area (Å²) in [4.78, 5) is 16.3. The van der Waals surface area contributed by atoms with Crippen molar-refractivity contribution in [1.82, 2.24) is 15.4 Å². The summed E-state index contributed by atoms with van der Waals surface area (Å²) in [6.45, 7) is 5.12. The Bertz CT molecular complexity index is 693. The molecule has 7 nitrogen and oxygen atoms in total. The summed E-state index contributed by atoms with van der Waals surface area (Å²) in [5.74, 6) is 2.41. The van der Waals surface area contributed by atoms with Crippen molar-refractivity contribution in [3.63, 3.8) is 0 Å². The van der Waals surface area contributed by atoms with Gasteiger partial charge in [-0.05, 0) is 13.0 Å². The minimum atomic E-state index is -0.0584. The fourth-order valence-corrected chi connectivity index (χ4v) is 2.77. The number of rotatable bonds is 4. The molecule has 1 aliphatic rings. The largest absolute Gasteiger partial charge is 0.496 e. The van der Waals surface area contributed by atoms with Gasteiger partial charge in [-0.2, -0.15) is 0 Å². The van der Waals surface area contributed by atoms with Gasteiger partial charge in [0, 0.05) is 44.4 Å². The number of hydrogen-bond donors (Lipinski definition) is 1. The molecular weight excluding hydrogens is 308 g/mol. The fraction of sp³-hybridized carbons (Fsp3) is 0.412. The molecule has 128 valence electrons. The van der Waals surface area contributed by atoms with Crippen molar-refractivity contribution in [1.29, 1.82) is 0 Å². The third-order valence-electron chi connectivity index (χ3n) is 4.13. The van der Waals surface area contributed by atoms with Crippen LogP contribution in [-0.4, -0.2) is 49.4 Å². The lowest BCUT2D eigenvalue weighted by molar-refractivity contribution is 0.193. The van der Waals surface area contributed by atoms with Gasteiger partial charge >= 0.3 is 6.03 Å². The number of carbonyl (C=O) groups is 1. The first-order valence-electron chi connectivity index (χ1n) is 8.00. The molecule has 0 aliphatic carbocycles. The van der Waals surface area contributed by atoms with Crippen molar-refractivity contribution in [2.45, 2.75) is 13.5 Å². The van der Waals surface area contributed by atoms with Gasteiger partial charge in [-0.25, -0.2) is 4.79 Å². The number of piperazine rings is 1. The third kappa shape index (κ3) is 3.61. The maximum absolute atomic E-state index is 12.3. The molecule has 1 aliphatic heterocycles. The standard InChI is InChI=1S/C17H22N4O3/c1-13-11-16(19-24-13)20-7-9-21(10-8-20)17(22)18-12-14-5-3-4-6-15(14)23-2/h3-6,11H,7-10,12H2,1-2H3,(H,18,22). The topological polar surface area (TPSA) is 70.8 Å². The zero-order valence-electron chi connectivity index (χ0n) is 14.0. The first kappa shape index (κ1) is 16.2. The van der Waals surface area contributed by atoms with Crippen LogP contribution in [0.4, 0.5) is 10.6 Å². The van der Waals surface area contributed by atoms with Crippen LogP contribution in [0.2, 0.25) is 0 Å². The minimum absolute atomic E-state index is 0.0584. The summed E-state index contributed by atoms with van der Waals surface area (Å²) in [6, 6.07) is 9.54. The second-order valence-corrected chi connectivity index (χ2v) is 5.74. The van der Waals surface area contributed by atoms with Crippen molar-refractivity contribution in [2.75, 3.05) is 38.2 Å². The highest BCUT2D eigenvalue weighted by Crippen LogP contribution is 2.18. The molecule has 3 rings (SSSR count). The van der Waals surface area contributed by atoms with Gasteiger partial charge in [-0.1, -0.05) is 23.4 Å². The van der Waals surface area contributed by atoms with E-state index in [1.165, 1.54) is 0 Å². The molecular formula is C17H22N4O3. The summed E-state index contributed by atoms with van der Waals surface area (Å²) < 4.78 is 10.4. The molecule has 0 unspecified atom stereocenters. The number of para-hydroxylation sites is 1. The average Bonchev–Trinajstić information content (AvgIpc) is 3.06. The zero-order chi connectivity index (χ0) is 16.9. The SMILES string of the molecule is COc1ccccc1CNC(=O)N1CCN(c2cc(C)on2)CC1. The fourth-order valence-electron chi connectivity index (χ4n) is 2.77. The maximum atomic E-state index is 12.3. The summed E-state index contributed by atoms with van der Waals surface area (Å²) in [7, 11) is 1.63. The van der Waals surface area contributed by atoms with E-state index < -0.39 is 0 Å². The molecule has 0 saturated carbocycles. The predicted molar refractivity (Wildman–Crippen MR) is 90.3 cm³/mol. The average molecular weight is 330 g/mol. The minimum Gasteiger partial charge on any atom is -0.496 e. The van der Waals surface area contributed by atoms with E-state index >= 15 is 0 Å². The van der Waals surface area contributed by atoms with Crippen molar-refractivity contribution in [3.8, 4) is 5.75 Å². The molecule has 0 bridgehead atoms. The molecule has 24 heavy (non-hydrogen) atoms. The number of methoxy groups -OCH3 is 1. The van der Waals surface area contributed by atoms with Gasteiger partial charge in [-0.15, -0.1) is 0 Å². The van der Waals surface area contributed by atoms with Crippen molar-refractivity contribution >= 4 is 11.8 Å². The van der Waals surface area contributed by atoms with E-state index in [2.05, 4.69) is 15.4 Å². The number of aromatic nitrogens is 1. The molecule has 1 saturated heterocycles. The molecule has 1 N–H and O–H groups in total. The normalized spacial score (nSPS) is 14.6. The van der Waals surface area contributed by atoms with Crippen LogP contribution in [0.3, 0.4) is 0 Å².